The van der Waals surface area contributed by atoms with Gasteiger partial charge in [0.05, 0.1) is 10.6 Å². The van der Waals surface area contributed by atoms with E-state index in [1.807, 2.05) is 0 Å². The van der Waals surface area contributed by atoms with Gasteiger partial charge in [-0.3, -0.25) is 15.5 Å². The largest absolute Gasteiger partial charge is 0.277 e. The summed E-state index contributed by atoms with van der Waals surface area (Å²) in [6, 6.07) is 5.56. The van der Waals surface area contributed by atoms with Crippen LogP contribution in [0.15, 0.2) is 38.9 Å². The van der Waals surface area contributed by atoms with Gasteiger partial charge in [0.25, 0.3) is 5.69 Å². The van der Waals surface area contributed by atoms with Crippen LogP contribution < -0.4 is 5.43 Å². The molecular formula is C9H5Cl4N3O2. The average molecular weight is 329 g/mol. The highest BCUT2D eigenvalue weighted by Gasteiger charge is 2.06. The number of hydrogen-bond donors (Lipinski definition) is 1. The Labute approximate surface area is 122 Å². The molecule has 0 aromatic heterocycles. The molecule has 1 aromatic carbocycles. The zero-order valence-corrected chi connectivity index (χ0v) is 11.6. The van der Waals surface area contributed by atoms with Crippen LogP contribution in [0.5, 0.6) is 0 Å². The standard InChI is InChI=1S/C9H5Cl4N3O2/c10-7(8(11)12)9(13)15-14-5-1-3-6(4-2-5)16(17)18/h1-4,14H/b15-9-. The molecule has 0 heterocycles. The van der Waals surface area contributed by atoms with Crippen molar-refractivity contribution in [2.45, 2.75) is 0 Å². The number of allylic oxidation sites excluding steroid dienone is 1. The number of halogens is 4. The van der Waals surface area contributed by atoms with Crippen molar-refractivity contribution in [1.29, 1.82) is 0 Å². The summed E-state index contributed by atoms with van der Waals surface area (Å²) >= 11 is 22.1. The van der Waals surface area contributed by atoms with Gasteiger partial charge in [0.1, 0.15) is 9.52 Å². The highest BCUT2D eigenvalue weighted by atomic mass is 35.5. The van der Waals surface area contributed by atoms with E-state index in [0.717, 1.165) is 0 Å². The zero-order chi connectivity index (χ0) is 13.7. The third kappa shape index (κ3) is 4.34. The summed E-state index contributed by atoms with van der Waals surface area (Å²) in [5.74, 6) is 0. The Bertz CT molecular complexity index is 509. The first-order valence-corrected chi connectivity index (χ1v) is 5.88. The summed E-state index contributed by atoms with van der Waals surface area (Å²) in [5, 5.41) is 13.9. The van der Waals surface area contributed by atoms with Gasteiger partial charge in [-0.25, -0.2) is 0 Å². The van der Waals surface area contributed by atoms with E-state index < -0.39 is 4.92 Å². The molecule has 0 bridgehead atoms. The van der Waals surface area contributed by atoms with E-state index >= 15 is 0 Å². The molecule has 0 amide bonds. The number of rotatable bonds is 4. The second-order valence-corrected chi connectivity index (χ2v) is 4.58. The van der Waals surface area contributed by atoms with E-state index in [4.69, 9.17) is 46.4 Å². The van der Waals surface area contributed by atoms with E-state index in [0.29, 0.717) is 5.69 Å². The van der Waals surface area contributed by atoms with Gasteiger partial charge in [0.15, 0.2) is 5.17 Å². The Hall–Kier alpha value is -1.01. The van der Waals surface area contributed by atoms with Gasteiger partial charge in [-0.1, -0.05) is 46.4 Å². The average Bonchev–Trinajstić information content (AvgIpc) is 2.35. The molecule has 1 N–H and O–H groups in total. The number of nitro benzene ring substituents is 1. The van der Waals surface area contributed by atoms with E-state index in [9.17, 15) is 10.1 Å². The number of hydrazone groups is 1. The second-order valence-electron chi connectivity index (χ2n) is 2.89. The van der Waals surface area contributed by atoms with Crippen molar-refractivity contribution in [1.82, 2.24) is 0 Å². The lowest BCUT2D eigenvalue weighted by Crippen LogP contribution is -1.96. The van der Waals surface area contributed by atoms with Crippen LogP contribution >= 0.6 is 46.4 Å². The topological polar surface area (TPSA) is 67.5 Å². The molecule has 0 spiro atoms. The predicted molar refractivity (Wildman–Crippen MR) is 74.6 cm³/mol. The lowest BCUT2D eigenvalue weighted by atomic mass is 10.3. The van der Waals surface area contributed by atoms with Crippen LogP contribution in [-0.4, -0.2) is 10.1 Å². The highest BCUT2D eigenvalue weighted by Crippen LogP contribution is 2.21. The number of nitro groups is 1. The lowest BCUT2D eigenvalue weighted by Gasteiger charge is -2.01. The molecule has 0 saturated carbocycles. The first kappa shape index (κ1) is 15.0. The molecule has 0 unspecified atom stereocenters. The minimum Gasteiger partial charge on any atom is -0.277 e. The maximum absolute atomic E-state index is 10.4. The molecule has 18 heavy (non-hydrogen) atoms. The van der Waals surface area contributed by atoms with E-state index in [2.05, 4.69) is 10.5 Å². The number of hydrogen-bond acceptors (Lipinski definition) is 4. The molecule has 1 rings (SSSR count). The molecule has 0 aliphatic heterocycles. The molecule has 0 aliphatic rings. The van der Waals surface area contributed by atoms with Gasteiger partial charge in [-0.2, -0.15) is 5.10 Å². The maximum Gasteiger partial charge on any atom is 0.269 e. The Morgan fingerprint density at radius 1 is 1.17 bits per heavy atom. The normalized spacial score (nSPS) is 11.0. The van der Waals surface area contributed by atoms with E-state index in [1.165, 1.54) is 24.3 Å². The summed E-state index contributed by atoms with van der Waals surface area (Å²) in [6.45, 7) is 0. The third-order valence-corrected chi connectivity index (χ3v) is 3.02. The minimum atomic E-state index is -0.507. The van der Waals surface area contributed by atoms with E-state index in [-0.39, 0.29) is 20.4 Å². The monoisotopic (exact) mass is 327 g/mol. The number of anilines is 1. The van der Waals surface area contributed by atoms with Crippen molar-refractivity contribution in [2.75, 3.05) is 5.43 Å². The lowest BCUT2D eigenvalue weighted by molar-refractivity contribution is -0.384. The van der Waals surface area contributed by atoms with Gasteiger partial charge in [0, 0.05) is 12.1 Å². The molecule has 0 atom stereocenters. The van der Waals surface area contributed by atoms with Gasteiger partial charge in [-0.15, -0.1) is 0 Å². The zero-order valence-electron chi connectivity index (χ0n) is 8.53. The van der Waals surface area contributed by atoms with Crippen LogP contribution in [-0.2, 0) is 0 Å². The summed E-state index contributed by atoms with van der Waals surface area (Å²) in [7, 11) is 0. The minimum absolute atomic E-state index is 0.0302. The van der Waals surface area contributed by atoms with Crippen molar-refractivity contribution >= 4 is 62.9 Å². The fraction of sp³-hybridized carbons (Fsp3) is 0. The molecule has 5 nitrogen and oxygen atoms in total. The molecule has 9 heteroatoms. The molecule has 1 aromatic rings. The second kappa shape index (κ2) is 6.80. The number of nitrogens with zero attached hydrogens (tertiary/aromatic N) is 2. The van der Waals surface area contributed by atoms with Crippen LogP contribution in [0.4, 0.5) is 11.4 Å². The van der Waals surface area contributed by atoms with Gasteiger partial charge in [-0.05, 0) is 12.1 Å². The molecular weight excluding hydrogens is 324 g/mol. The van der Waals surface area contributed by atoms with Crippen LogP contribution in [0.3, 0.4) is 0 Å². The fourth-order valence-electron chi connectivity index (χ4n) is 0.898. The van der Waals surface area contributed by atoms with E-state index in [1.54, 1.807) is 0 Å². The third-order valence-electron chi connectivity index (χ3n) is 1.71. The SMILES string of the molecule is O=[N+]([O-])c1ccc(N/N=C(\Cl)C(Cl)=C(Cl)Cl)cc1. The Morgan fingerprint density at radius 3 is 2.17 bits per heavy atom. The molecule has 0 aliphatic carbocycles. The van der Waals surface area contributed by atoms with Crippen LogP contribution in [0.25, 0.3) is 0 Å². The fourth-order valence-corrected chi connectivity index (χ4v) is 1.35. The Morgan fingerprint density at radius 2 is 1.72 bits per heavy atom. The Balaban J connectivity index is 2.78. The summed E-state index contributed by atoms with van der Waals surface area (Å²) in [6.07, 6.45) is 0. The predicted octanol–water partition coefficient (Wildman–Crippen LogP) is 4.44. The van der Waals surface area contributed by atoms with Gasteiger partial charge in [0.2, 0.25) is 0 Å². The molecule has 96 valence electrons. The number of benzene rings is 1. The quantitative estimate of drug-likeness (QED) is 0.504. The smallest absolute Gasteiger partial charge is 0.269 e. The van der Waals surface area contributed by atoms with Crippen molar-refractivity contribution in [2.24, 2.45) is 5.10 Å². The first-order chi connectivity index (χ1) is 8.41. The van der Waals surface area contributed by atoms with Crippen LogP contribution in [0.2, 0.25) is 0 Å². The number of nitrogens with one attached hydrogen (secondary N) is 1. The molecule has 0 saturated heterocycles. The van der Waals surface area contributed by atoms with Crippen LogP contribution in [0, 0.1) is 10.1 Å². The van der Waals surface area contributed by atoms with Crippen molar-refractivity contribution in [3.63, 3.8) is 0 Å². The Kier molecular flexibility index (Phi) is 5.68. The van der Waals surface area contributed by atoms with Crippen molar-refractivity contribution < 1.29 is 4.92 Å². The first-order valence-electron chi connectivity index (χ1n) is 4.36. The van der Waals surface area contributed by atoms with Crippen molar-refractivity contribution in [3.05, 3.63) is 43.9 Å². The van der Waals surface area contributed by atoms with Crippen molar-refractivity contribution in [3.8, 4) is 0 Å². The van der Waals surface area contributed by atoms with Gasteiger partial charge >= 0.3 is 0 Å². The summed E-state index contributed by atoms with van der Waals surface area (Å²) < 4.78 is -0.212. The summed E-state index contributed by atoms with van der Waals surface area (Å²) in [5.41, 5.74) is 3.01. The van der Waals surface area contributed by atoms with Crippen LogP contribution in [0.1, 0.15) is 0 Å². The summed E-state index contributed by atoms with van der Waals surface area (Å²) in [4.78, 5) is 9.92. The molecule has 0 radical (unpaired) electrons. The molecule has 0 fully saturated rings. The highest BCUT2D eigenvalue weighted by molar-refractivity contribution is 6.79. The number of non-ortho nitro benzene ring substituents is 1. The maximum atomic E-state index is 10.4. The van der Waals surface area contributed by atoms with Gasteiger partial charge < -0.3 is 0 Å².